The molecule has 1 amide bonds. The summed E-state index contributed by atoms with van der Waals surface area (Å²) < 4.78 is 34.7. The van der Waals surface area contributed by atoms with Crippen molar-refractivity contribution in [2.45, 2.75) is 89.0 Å². The number of thiazole rings is 1. The summed E-state index contributed by atoms with van der Waals surface area (Å²) in [4.78, 5) is 43.2. The quantitative estimate of drug-likeness (QED) is 0.0289. The summed E-state index contributed by atoms with van der Waals surface area (Å²) in [5, 5.41) is 24.6. The minimum absolute atomic E-state index is 0.138. The average Bonchev–Trinajstić information content (AvgIpc) is 3.54. The second kappa shape index (κ2) is 25.6. The number of oxime groups is 1. The van der Waals surface area contributed by atoms with Crippen molar-refractivity contribution in [1.82, 2.24) is 9.97 Å². The van der Waals surface area contributed by atoms with E-state index in [0.29, 0.717) is 23.7 Å². The van der Waals surface area contributed by atoms with Crippen LogP contribution < -0.4 is 10.1 Å². The molecule has 1 aromatic carbocycles. The number of carbonyl (C=O) groups is 3. The fourth-order valence-electron chi connectivity index (χ4n) is 4.11. The zero-order valence-electron chi connectivity index (χ0n) is 27.8. The molecule has 270 valence electrons. The van der Waals surface area contributed by atoms with Gasteiger partial charge in [0.25, 0.3) is 0 Å². The van der Waals surface area contributed by atoms with Gasteiger partial charge < -0.3 is 25.1 Å². The van der Waals surface area contributed by atoms with Crippen molar-refractivity contribution in [3.63, 3.8) is 0 Å². The maximum absolute atomic E-state index is 10.8. The number of rotatable bonds is 21. The van der Waals surface area contributed by atoms with Gasteiger partial charge in [0.15, 0.2) is 10.2 Å². The van der Waals surface area contributed by atoms with Gasteiger partial charge in [0.05, 0.1) is 12.2 Å². The van der Waals surface area contributed by atoms with E-state index in [-0.39, 0.29) is 16.4 Å². The summed E-state index contributed by atoms with van der Waals surface area (Å²) in [5.74, 6) is -1.40. The lowest BCUT2D eigenvalue weighted by molar-refractivity contribution is -0.129. The molecule has 0 radical (unpaired) electrons. The van der Waals surface area contributed by atoms with Crippen molar-refractivity contribution < 1.29 is 47.1 Å². The van der Waals surface area contributed by atoms with Gasteiger partial charge in [-0.05, 0) is 42.8 Å². The van der Waals surface area contributed by atoms with Crippen LogP contribution in [-0.2, 0) is 24.5 Å². The van der Waals surface area contributed by atoms with Crippen LogP contribution in [-0.4, -0.2) is 70.9 Å². The van der Waals surface area contributed by atoms with Crippen molar-refractivity contribution in [1.29, 1.82) is 0 Å². The van der Waals surface area contributed by atoms with Crippen LogP contribution >= 0.6 is 11.3 Å². The highest BCUT2D eigenvalue weighted by Gasteiger charge is 2.17. The number of hydrogen-bond acceptors (Lipinski definition) is 11. The second-order valence-electron chi connectivity index (χ2n) is 10.4. The van der Waals surface area contributed by atoms with E-state index in [1.807, 2.05) is 0 Å². The van der Waals surface area contributed by atoms with Crippen LogP contribution in [0.5, 0.6) is 5.75 Å². The lowest BCUT2D eigenvalue weighted by Gasteiger charge is -2.06. The van der Waals surface area contributed by atoms with Gasteiger partial charge in [-0.25, -0.2) is 19.6 Å². The molecule has 0 fully saturated rings. The molecule has 0 aliphatic carbocycles. The van der Waals surface area contributed by atoms with Crippen molar-refractivity contribution in [3.8, 4) is 5.75 Å². The fourth-order valence-corrected chi connectivity index (χ4v) is 5.21. The Morgan fingerprint density at radius 2 is 1.51 bits per heavy atom. The Labute approximate surface area is 291 Å². The van der Waals surface area contributed by atoms with Gasteiger partial charge in [-0.2, -0.15) is 8.42 Å². The highest BCUT2D eigenvalue weighted by Crippen LogP contribution is 2.16. The number of amides is 1. The van der Waals surface area contributed by atoms with E-state index >= 15 is 0 Å². The van der Waals surface area contributed by atoms with Crippen molar-refractivity contribution in [3.05, 3.63) is 65.3 Å². The Morgan fingerprint density at radius 1 is 0.918 bits per heavy atom. The summed E-state index contributed by atoms with van der Waals surface area (Å²) >= 11 is 1.09. The molecule has 0 saturated heterocycles. The molecule has 2 aromatic heterocycles. The van der Waals surface area contributed by atoms with Crippen LogP contribution in [0.15, 0.2) is 64.2 Å². The maximum Gasteiger partial charge on any atom is 0.360 e. The number of carbonyl (C=O) groups excluding carboxylic acids is 1. The third kappa shape index (κ3) is 19.9. The van der Waals surface area contributed by atoms with E-state index in [0.717, 1.165) is 23.5 Å². The van der Waals surface area contributed by atoms with E-state index in [4.69, 9.17) is 19.5 Å². The van der Waals surface area contributed by atoms with Crippen molar-refractivity contribution in [2.75, 3.05) is 19.0 Å². The van der Waals surface area contributed by atoms with Crippen LogP contribution in [0.2, 0.25) is 0 Å². The zero-order chi connectivity index (χ0) is 36.3. The second-order valence-corrected chi connectivity index (χ2v) is 12.7. The number of benzene rings is 1. The van der Waals surface area contributed by atoms with Crippen LogP contribution in [0, 0.1) is 0 Å². The number of aromatic carboxylic acids is 1. The molecular weight excluding hydrogens is 677 g/mol. The predicted octanol–water partition coefficient (Wildman–Crippen LogP) is 6.94. The van der Waals surface area contributed by atoms with E-state index in [1.54, 1.807) is 30.3 Å². The Kier molecular flexibility index (Phi) is 22.3. The van der Waals surface area contributed by atoms with Crippen LogP contribution in [0.25, 0.3) is 0 Å². The average molecular weight is 723 g/mol. The number of unbranched alkanes of at least 4 members (excludes halogenated alkanes) is 11. The zero-order valence-corrected chi connectivity index (χ0v) is 29.5. The van der Waals surface area contributed by atoms with E-state index in [1.165, 1.54) is 101 Å². The molecule has 0 bridgehead atoms. The minimum Gasteiger partial charge on any atom is -0.494 e. The Balaban J connectivity index is 0.000000406. The first-order chi connectivity index (χ1) is 23.5. The summed E-state index contributed by atoms with van der Waals surface area (Å²) in [6, 6.07) is 10.9. The van der Waals surface area contributed by atoms with Gasteiger partial charge in [0.2, 0.25) is 12.1 Å². The number of carboxylic acids is 2. The standard InChI is InChI=1S/C21H34O3.C7H7N3O4S.C5H5NO3S/c1-2-3-4-5-6-7-8-9-10-11-12-13-18-24-20-16-14-19(15-17-20)21(22)23;1-14-10-5(6(12)13)4-2-15-7(9-4)8-3-11;7-10(8,9)5-3-1-2-4-6-5/h14-17H,2-13,18H2,1H3,(H,22,23);2-3H,1H3,(H,12,13)(H,8,9,11);1-4H,(H,7,8,9)/b;10-5-;. The summed E-state index contributed by atoms with van der Waals surface area (Å²) in [6.45, 7) is 2.98. The molecule has 0 aliphatic heterocycles. The van der Waals surface area contributed by atoms with Crippen molar-refractivity contribution >= 4 is 50.6 Å². The normalized spacial score (nSPS) is 10.9. The third-order valence-electron chi connectivity index (χ3n) is 6.58. The monoisotopic (exact) mass is 722 g/mol. The first kappa shape index (κ1) is 42.6. The number of nitrogens with zero attached hydrogens (tertiary/aromatic N) is 3. The molecule has 0 aliphatic rings. The molecule has 0 atom stereocenters. The molecule has 0 unspecified atom stereocenters. The number of ether oxygens (including phenoxy) is 1. The molecular formula is C33H46N4O10S2. The highest BCUT2D eigenvalue weighted by atomic mass is 32.2. The first-order valence-corrected chi connectivity index (χ1v) is 18.2. The summed E-state index contributed by atoms with van der Waals surface area (Å²) in [6.07, 6.45) is 17.8. The number of aromatic nitrogens is 2. The molecule has 0 saturated carbocycles. The van der Waals surface area contributed by atoms with Gasteiger partial charge in [-0.15, -0.1) is 11.3 Å². The molecule has 3 aromatic rings. The minimum atomic E-state index is -4.11. The number of hydrogen-bond donors (Lipinski definition) is 4. The molecule has 2 heterocycles. The SMILES string of the molecule is CCCCCCCCCCCCCCOc1ccc(C(=O)O)cc1.CO/N=C(\C(=O)O)c1csc(NC=O)n1.O=S(=O)(O)c1ccccn1. The molecule has 16 heteroatoms. The number of anilines is 1. The summed E-state index contributed by atoms with van der Waals surface area (Å²) in [7, 11) is -2.88. The molecule has 14 nitrogen and oxygen atoms in total. The van der Waals surface area contributed by atoms with Gasteiger partial charge in [0.1, 0.15) is 18.6 Å². The Morgan fingerprint density at radius 3 is 1.96 bits per heavy atom. The lowest BCUT2D eigenvalue weighted by Crippen LogP contribution is -2.15. The third-order valence-corrected chi connectivity index (χ3v) is 8.13. The lowest BCUT2D eigenvalue weighted by atomic mass is 10.1. The summed E-state index contributed by atoms with van der Waals surface area (Å²) in [5.41, 5.74) is 0.124. The topological polar surface area (TPSA) is 215 Å². The van der Waals surface area contributed by atoms with Gasteiger partial charge in [-0.3, -0.25) is 9.35 Å². The molecule has 0 spiro atoms. The van der Waals surface area contributed by atoms with Crippen molar-refractivity contribution in [2.24, 2.45) is 5.16 Å². The Hall–Kier alpha value is -4.41. The van der Waals surface area contributed by atoms with Crippen LogP contribution in [0.3, 0.4) is 0 Å². The number of nitrogens with one attached hydrogen (secondary N) is 1. The van der Waals surface area contributed by atoms with Gasteiger partial charge in [-0.1, -0.05) is 88.8 Å². The maximum atomic E-state index is 10.8. The molecule has 49 heavy (non-hydrogen) atoms. The van der Waals surface area contributed by atoms with Crippen LogP contribution in [0.4, 0.5) is 5.13 Å². The Bertz CT molecular complexity index is 1500. The fraction of sp³-hybridized carbons (Fsp3) is 0.455. The molecule has 3 rings (SSSR count). The largest absolute Gasteiger partial charge is 0.494 e. The van der Waals surface area contributed by atoms with E-state index in [9.17, 15) is 22.8 Å². The predicted molar refractivity (Wildman–Crippen MR) is 187 cm³/mol. The highest BCUT2D eigenvalue weighted by molar-refractivity contribution is 7.85. The van der Waals surface area contributed by atoms with E-state index in [2.05, 4.69) is 32.2 Å². The smallest absolute Gasteiger partial charge is 0.360 e. The van der Waals surface area contributed by atoms with Crippen LogP contribution in [0.1, 0.15) is 100 Å². The van der Waals surface area contributed by atoms with Gasteiger partial charge >= 0.3 is 22.1 Å². The number of carboxylic acid groups (broad SMARTS) is 2. The van der Waals surface area contributed by atoms with E-state index < -0.39 is 22.1 Å². The first-order valence-electron chi connectivity index (χ1n) is 15.9. The number of aliphatic carboxylic acids is 1. The molecule has 4 N–H and O–H groups in total. The number of pyridine rings is 1. The van der Waals surface area contributed by atoms with Gasteiger partial charge in [0, 0.05) is 11.6 Å².